The van der Waals surface area contributed by atoms with Gasteiger partial charge in [-0.3, -0.25) is 9.59 Å². The largest absolute Gasteiger partial charge is 0.465 e. The molecule has 122 valence electrons. The van der Waals surface area contributed by atoms with Gasteiger partial charge in [0.15, 0.2) is 0 Å². The first-order valence-electron chi connectivity index (χ1n) is 7.01. The smallest absolute Gasteiger partial charge is 0.319 e. The summed E-state index contributed by atoms with van der Waals surface area (Å²) in [6.07, 6.45) is 0. The lowest BCUT2D eigenvalue weighted by atomic mass is 10.3. The van der Waals surface area contributed by atoms with Gasteiger partial charge in [-0.25, -0.2) is 0 Å². The van der Waals surface area contributed by atoms with Crippen molar-refractivity contribution in [3.8, 4) is 5.69 Å². The summed E-state index contributed by atoms with van der Waals surface area (Å²) in [5, 5.41) is 14.3. The summed E-state index contributed by atoms with van der Waals surface area (Å²) >= 11 is 1.20. The summed E-state index contributed by atoms with van der Waals surface area (Å²) < 4.78 is 6.48. The number of nitrogens with one attached hydrogen (secondary N) is 1. The van der Waals surface area contributed by atoms with Crippen molar-refractivity contribution in [1.29, 1.82) is 0 Å². The minimum atomic E-state index is -0.432. The predicted octanol–water partition coefficient (Wildman–Crippen LogP) is 1.66. The molecule has 0 radical (unpaired) electrons. The van der Waals surface area contributed by atoms with Crippen molar-refractivity contribution >= 4 is 29.3 Å². The number of anilines is 1. The number of tetrazole rings is 1. The Labute approximate surface area is 137 Å². The number of hydrogen-bond acceptors (Lipinski definition) is 7. The van der Waals surface area contributed by atoms with Crippen LogP contribution in [0.1, 0.15) is 20.8 Å². The van der Waals surface area contributed by atoms with E-state index in [9.17, 15) is 9.59 Å². The van der Waals surface area contributed by atoms with E-state index in [0.717, 1.165) is 0 Å². The maximum Gasteiger partial charge on any atom is 0.319 e. The zero-order valence-electron chi connectivity index (χ0n) is 13.0. The summed E-state index contributed by atoms with van der Waals surface area (Å²) in [5.74, 6) is -0.483. The molecule has 2 rings (SSSR count). The van der Waals surface area contributed by atoms with Gasteiger partial charge in [0.1, 0.15) is 5.25 Å². The van der Waals surface area contributed by atoms with Gasteiger partial charge in [-0.05, 0) is 42.5 Å². The van der Waals surface area contributed by atoms with Crippen molar-refractivity contribution in [2.24, 2.45) is 0 Å². The van der Waals surface area contributed by atoms with Crippen LogP contribution in [0.2, 0.25) is 0 Å². The lowest BCUT2D eigenvalue weighted by Gasteiger charge is -2.10. The Kier molecular flexibility index (Phi) is 5.69. The number of hydrogen-bond donors (Lipinski definition) is 1. The number of benzene rings is 1. The molecule has 1 aromatic carbocycles. The molecule has 1 amide bonds. The first kappa shape index (κ1) is 16.9. The number of thioether (sulfide) groups is 1. The minimum Gasteiger partial charge on any atom is -0.465 e. The number of carbonyl (C=O) groups excluding carboxylic acids is 2. The summed E-state index contributed by atoms with van der Waals surface area (Å²) in [4.78, 5) is 22.9. The standard InChI is InChI=1S/C14H17N5O3S/c1-4-22-13(21)9(2)23-14-16-17-18-19(14)12-7-5-6-11(8-12)15-10(3)20/h5-9H,4H2,1-3H3,(H,15,20). The average molecular weight is 335 g/mol. The SMILES string of the molecule is CCOC(=O)C(C)Sc1nnnn1-c1cccc(NC(C)=O)c1. The molecular formula is C14H17N5O3S. The number of aromatic nitrogens is 4. The molecule has 1 N–H and O–H groups in total. The van der Waals surface area contributed by atoms with Crippen LogP contribution >= 0.6 is 11.8 Å². The van der Waals surface area contributed by atoms with Crippen LogP contribution in [0, 0.1) is 0 Å². The van der Waals surface area contributed by atoms with E-state index >= 15 is 0 Å². The van der Waals surface area contributed by atoms with E-state index in [0.29, 0.717) is 23.1 Å². The lowest BCUT2D eigenvalue weighted by Crippen LogP contribution is -2.17. The third-order valence-electron chi connectivity index (χ3n) is 2.75. The molecular weight excluding hydrogens is 318 g/mol. The number of nitrogens with zero attached hydrogens (tertiary/aromatic N) is 4. The van der Waals surface area contributed by atoms with Crippen molar-refractivity contribution in [3.63, 3.8) is 0 Å². The van der Waals surface area contributed by atoms with Gasteiger partial charge < -0.3 is 10.1 Å². The van der Waals surface area contributed by atoms with Crippen LogP contribution in [-0.4, -0.2) is 43.9 Å². The Morgan fingerprint density at radius 1 is 1.43 bits per heavy atom. The molecule has 1 atom stereocenters. The molecule has 0 aliphatic rings. The minimum absolute atomic E-state index is 0.163. The number of amides is 1. The number of carbonyl (C=O) groups is 2. The van der Waals surface area contributed by atoms with Gasteiger partial charge in [-0.2, -0.15) is 4.68 Å². The van der Waals surface area contributed by atoms with Gasteiger partial charge in [0, 0.05) is 12.6 Å². The molecule has 1 aromatic heterocycles. The van der Waals surface area contributed by atoms with Gasteiger partial charge in [0.2, 0.25) is 11.1 Å². The Balaban J connectivity index is 2.20. The molecule has 0 spiro atoms. The molecule has 1 unspecified atom stereocenters. The normalized spacial score (nSPS) is 11.8. The van der Waals surface area contributed by atoms with Crippen molar-refractivity contribution in [2.45, 2.75) is 31.2 Å². The third-order valence-corrected chi connectivity index (χ3v) is 3.76. The quantitative estimate of drug-likeness (QED) is 0.633. The second-order valence-corrected chi connectivity index (χ2v) is 5.92. The fourth-order valence-corrected chi connectivity index (χ4v) is 2.60. The van der Waals surface area contributed by atoms with E-state index in [1.807, 2.05) is 0 Å². The molecule has 1 heterocycles. The maximum atomic E-state index is 11.7. The van der Waals surface area contributed by atoms with Crippen LogP contribution in [0.3, 0.4) is 0 Å². The first-order chi connectivity index (χ1) is 11.0. The van der Waals surface area contributed by atoms with E-state index in [1.54, 1.807) is 38.1 Å². The predicted molar refractivity (Wildman–Crippen MR) is 85.4 cm³/mol. The van der Waals surface area contributed by atoms with E-state index in [1.165, 1.54) is 23.4 Å². The molecule has 2 aromatic rings. The average Bonchev–Trinajstić information content (AvgIpc) is 2.95. The molecule has 0 aliphatic carbocycles. The molecule has 0 saturated heterocycles. The van der Waals surface area contributed by atoms with E-state index in [-0.39, 0.29) is 11.9 Å². The van der Waals surface area contributed by atoms with E-state index in [4.69, 9.17) is 4.74 Å². The highest BCUT2D eigenvalue weighted by Gasteiger charge is 2.20. The zero-order chi connectivity index (χ0) is 16.8. The van der Waals surface area contributed by atoms with Crippen molar-refractivity contribution in [1.82, 2.24) is 20.2 Å². The number of esters is 1. The summed E-state index contributed by atoms with van der Waals surface area (Å²) in [7, 11) is 0. The van der Waals surface area contributed by atoms with E-state index in [2.05, 4.69) is 20.8 Å². The molecule has 23 heavy (non-hydrogen) atoms. The van der Waals surface area contributed by atoms with Gasteiger partial charge >= 0.3 is 5.97 Å². The second kappa shape index (κ2) is 7.73. The fourth-order valence-electron chi connectivity index (χ4n) is 1.80. The molecule has 9 heteroatoms. The van der Waals surface area contributed by atoms with Gasteiger partial charge in [0.25, 0.3) is 0 Å². The van der Waals surface area contributed by atoms with Gasteiger partial charge in [0.05, 0.1) is 12.3 Å². The van der Waals surface area contributed by atoms with Crippen LogP contribution in [0.15, 0.2) is 29.4 Å². The summed E-state index contributed by atoms with van der Waals surface area (Å²) in [6, 6.07) is 7.10. The summed E-state index contributed by atoms with van der Waals surface area (Å²) in [6.45, 7) is 5.25. The lowest BCUT2D eigenvalue weighted by molar-refractivity contribution is -0.142. The van der Waals surface area contributed by atoms with Gasteiger partial charge in [-0.1, -0.05) is 17.8 Å². The molecule has 0 saturated carbocycles. The fraction of sp³-hybridized carbons (Fsp3) is 0.357. The monoisotopic (exact) mass is 335 g/mol. The van der Waals surface area contributed by atoms with Crippen LogP contribution < -0.4 is 5.32 Å². The third kappa shape index (κ3) is 4.52. The number of ether oxygens (including phenoxy) is 1. The Morgan fingerprint density at radius 2 is 2.22 bits per heavy atom. The zero-order valence-corrected chi connectivity index (χ0v) is 13.8. The van der Waals surface area contributed by atoms with Crippen LogP contribution in [0.5, 0.6) is 0 Å². The highest BCUT2D eigenvalue weighted by Crippen LogP contribution is 2.24. The van der Waals surface area contributed by atoms with Crippen molar-refractivity contribution < 1.29 is 14.3 Å². The van der Waals surface area contributed by atoms with E-state index < -0.39 is 5.25 Å². The first-order valence-corrected chi connectivity index (χ1v) is 7.89. The molecule has 0 fully saturated rings. The Morgan fingerprint density at radius 3 is 2.91 bits per heavy atom. The van der Waals surface area contributed by atoms with Crippen molar-refractivity contribution in [3.05, 3.63) is 24.3 Å². The van der Waals surface area contributed by atoms with Crippen LogP contribution in [0.25, 0.3) is 5.69 Å². The topological polar surface area (TPSA) is 99.0 Å². The Hall–Kier alpha value is -2.42. The van der Waals surface area contributed by atoms with Gasteiger partial charge in [-0.15, -0.1) is 5.10 Å². The van der Waals surface area contributed by atoms with Crippen LogP contribution in [-0.2, 0) is 14.3 Å². The second-order valence-electron chi connectivity index (χ2n) is 4.62. The highest BCUT2D eigenvalue weighted by atomic mass is 32.2. The molecule has 8 nitrogen and oxygen atoms in total. The molecule has 0 aliphatic heterocycles. The number of rotatable bonds is 6. The maximum absolute atomic E-state index is 11.7. The Bertz CT molecular complexity index is 703. The van der Waals surface area contributed by atoms with Crippen LogP contribution in [0.4, 0.5) is 5.69 Å². The highest BCUT2D eigenvalue weighted by molar-refractivity contribution is 8.00. The molecule has 0 bridgehead atoms. The van der Waals surface area contributed by atoms with Crippen molar-refractivity contribution in [2.75, 3.05) is 11.9 Å². The summed E-state index contributed by atoms with van der Waals surface area (Å²) in [5.41, 5.74) is 1.32.